The molecule has 0 heterocycles. The number of halogens is 3. The van der Waals surface area contributed by atoms with Crippen LogP contribution in [0.5, 0.6) is 0 Å². The maximum absolute atomic E-state index is 12.6. The highest BCUT2D eigenvalue weighted by molar-refractivity contribution is 5.45. The van der Waals surface area contributed by atoms with Crippen LogP contribution in [0.3, 0.4) is 0 Å². The van der Waals surface area contributed by atoms with Crippen LogP contribution in [0.4, 0.5) is 13.2 Å². The average molecular weight is 284 g/mol. The molecule has 7 heteroatoms. The van der Waals surface area contributed by atoms with Gasteiger partial charge >= 0.3 is 6.18 Å². The molecule has 0 aliphatic carbocycles. The van der Waals surface area contributed by atoms with E-state index in [2.05, 4.69) is 5.32 Å². The first-order chi connectivity index (χ1) is 8.53. The lowest BCUT2D eigenvalue weighted by molar-refractivity contribution is -0.256. The Balaban J connectivity index is 4.57. The number of nitrogens with one attached hydrogen (secondary N) is 1. The van der Waals surface area contributed by atoms with Crippen LogP contribution < -0.4 is 5.32 Å². The number of hydrogen-bond donors (Lipinski definition) is 2. The van der Waals surface area contributed by atoms with E-state index in [1.807, 2.05) is 11.8 Å². The summed E-state index contributed by atoms with van der Waals surface area (Å²) in [4.78, 5) is 12.0. The molecule has 2 N–H and O–H groups in total. The normalized spacial score (nSPS) is 18.8. The van der Waals surface area contributed by atoms with Crippen LogP contribution in [0.2, 0.25) is 0 Å². The molecule has 0 aromatic rings. The molecule has 0 spiro atoms. The zero-order valence-electron chi connectivity index (χ0n) is 11.8. The maximum Gasteiger partial charge on any atom is 0.416 e. The first-order valence-electron chi connectivity index (χ1n) is 6.15. The number of aliphatic hydroxyl groups is 1. The van der Waals surface area contributed by atoms with E-state index in [0.717, 1.165) is 6.92 Å². The molecule has 0 radical (unpaired) electrons. The molecule has 1 unspecified atom stereocenters. The van der Waals surface area contributed by atoms with Crippen LogP contribution in [0.1, 0.15) is 26.7 Å². The van der Waals surface area contributed by atoms with Crippen LogP contribution in [0.15, 0.2) is 0 Å². The SMILES string of the molecule is C[C@H](CNC=O)[C@H](CCC(C)(O)C(F)(F)F)N(C)C. The van der Waals surface area contributed by atoms with Gasteiger partial charge in [0.1, 0.15) is 0 Å². The summed E-state index contributed by atoms with van der Waals surface area (Å²) in [7, 11) is 3.54. The van der Waals surface area contributed by atoms with Crippen molar-refractivity contribution < 1.29 is 23.1 Å². The third-order valence-electron chi connectivity index (χ3n) is 3.38. The van der Waals surface area contributed by atoms with Crippen molar-refractivity contribution in [1.82, 2.24) is 10.2 Å². The molecule has 0 aromatic carbocycles. The minimum Gasteiger partial charge on any atom is -0.381 e. The number of amides is 1. The Morgan fingerprint density at radius 1 is 1.37 bits per heavy atom. The van der Waals surface area contributed by atoms with E-state index >= 15 is 0 Å². The molecule has 114 valence electrons. The molecule has 0 aromatic heterocycles. The second-order valence-corrected chi connectivity index (χ2v) is 5.34. The number of hydrogen-bond acceptors (Lipinski definition) is 3. The van der Waals surface area contributed by atoms with E-state index in [4.69, 9.17) is 0 Å². The van der Waals surface area contributed by atoms with Gasteiger partial charge in [-0.2, -0.15) is 13.2 Å². The van der Waals surface area contributed by atoms with Gasteiger partial charge in [-0.3, -0.25) is 4.79 Å². The monoisotopic (exact) mass is 284 g/mol. The van der Waals surface area contributed by atoms with E-state index in [0.29, 0.717) is 13.0 Å². The number of alkyl halides is 3. The Bertz CT molecular complexity index is 281. The van der Waals surface area contributed by atoms with E-state index in [1.54, 1.807) is 14.1 Å². The summed E-state index contributed by atoms with van der Waals surface area (Å²) in [5, 5.41) is 11.9. The van der Waals surface area contributed by atoms with E-state index in [1.165, 1.54) is 0 Å². The summed E-state index contributed by atoms with van der Waals surface area (Å²) in [5.74, 6) is -0.00997. The second kappa shape index (κ2) is 7.09. The van der Waals surface area contributed by atoms with Crippen molar-refractivity contribution in [2.45, 2.75) is 44.5 Å². The molecule has 19 heavy (non-hydrogen) atoms. The van der Waals surface area contributed by atoms with Gasteiger partial charge in [-0.15, -0.1) is 0 Å². The molecule has 1 amide bonds. The van der Waals surface area contributed by atoms with Crippen LogP contribution in [-0.2, 0) is 4.79 Å². The third kappa shape index (κ3) is 5.78. The number of carbonyl (C=O) groups is 1. The summed E-state index contributed by atoms with van der Waals surface area (Å²) in [6.07, 6.45) is -4.24. The highest BCUT2D eigenvalue weighted by Crippen LogP contribution is 2.34. The number of carbonyl (C=O) groups excluding carboxylic acids is 1. The van der Waals surface area contributed by atoms with Gasteiger partial charge in [0, 0.05) is 12.6 Å². The quantitative estimate of drug-likeness (QED) is 0.662. The summed E-state index contributed by atoms with van der Waals surface area (Å²) in [5.41, 5.74) is -2.68. The standard InChI is InChI=1S/C12H23F3N2O2/c1-9(7-16-8-18)10(17(3)4)5-6-11(2,19)12(13,14)15/h8-10,19H,5-7H2,1-4H3,(H,16,18)/t9-,10+,11?/m1/s1. The molecule has 0 rings (SSSR count). The van der Waals surface area contributed by atoms with Crippen molar-refractivity contribution in [1.29, 1.82) is 0 Å². The minimum absolute atomic E-state index is 0.00997. The molecule has 4 nitrogen and oxygen atoms in total. The van der Waals surface area contributed by atoms with Crippen molar-refractivity contribution in [3.8, 4) is 0 Å². The fourth-order valence-corrected chi connectivity index (χ4v) is 1.99. The molecule has 0 aliphatic rings. The minimum atomic E-state index is -4.63. The molecular weight excluding hydrogens is 261 g/mol. The molecule has 0 aliphatic heterocycles. The molecular formula is C12H23F3N2O2. The Labute approximate surface area is 112 Å². The van der Waals surface area contributed by atoms with E-state index < -0.39 is 11.8 Å². The zero-order chi connectivity index (χ0) is 15.3. The lowest BCUT2D eigenvalue weighted by Gasteiger charge is -2.33. The molecule has 0 saturated heterocycles. The summed E-state index contributed by atoms with van der Waals surface area (Å²) in [6, 6.07) is -0.152. The van der Waals surface area contributed by atoms with Crippen molar-refractivity contribution >= 4 is 6.41 Å². The molecule has 0 saturated carbocycles. The summed E-state index contributed by atoms with van der Waals surface area (Å²) in [6.45, 7) is 3.03. The number of nitrogens with zero attached hydrogens (tertiary/aromatic N) is 1. The lowest BCUT2D eigenvalue weighted by Crippen LogP contribution is -2.45. The first-order valence-corrected chi connectivity index (χ1v) is 6.15. The lowest BCUT2D eigenvalue weighted by atomic mass is 9.90. The van der Waals surface area contributed by atoms with Gasteiger partial charge in [0.05, 0.1) is 0 Å². The fraction of sp³-hybridized carbons (Fsp3) is 0.917. The Hall–Kier alpha value is -0.820. The van der Waals surface area contributed by atoms with Crippen LogP contribution in [0.25, 0.3) is 0 Å². The highest BCUT2D eigenvalue weighted by Gasteiger charge is 2.49. The largest absolute Gasteiger partial charge is 0.416 e. The van der Waals surface area contributed by atoms with Crippen molar-refractivity contribution in [2.75, 3.05) is 20.6 Å². The predicted molar refractivity (Wildman–Crippen MR) is 66.6 cm³/mol. The number of rotatable bonds is 8. The van der Waals surface area contributed by atoms with Crippen LogP contribution >= 0.6 is 0 Å². The van der Waals surface area contributed by atoms with Gasteiger partial charge in [-0.25, -0.2) is 0 Å². The Morgan fingerprint density at radius 3 is 2.26 bits per heavy atom. The van der Waals surface area contributed by atoms with Gasteiger partial charge in [-0.1, -0.05) is 6.92 Å². The van der Waals surface area contributed by atoms with Gasteiger partial charge in [0.2, 0.25) is 6.41 Å². The molecule has 0 bridgehead atoms. The summed E-state index contributed by atoms with van der Waals surface area (Å²) < 4.78 is 37.7. The third-order valence-corrected chi connectivity index (χ3v) is 3.38. The van der Waals surface area contributed by atoms with E-state index in [-0.39, 0.29) is 24.8 Å². The Morgan fingerprint density at radius 2 is 1.89 bits per heavy atom. The highest BCUT2D eigenvalue weighted by atomic mass is 19.4. The van der Waals surface area contributed by atoms with Crippen molar-refractivity contribution in [3.63, 3.8) is 0 Å². The predicted octanol–water partition coefficient (Wildman–Crippen LogP) is 1.39. The smallest absolute Gasteiger partial charge is 0.381 e. The topological polar surface area (TPSA) is 52.6 Å². The Kier molecular flexibility index (Phi) is 6.79. The molecule has 0 fully saturated rings. The van der Waals surface area contributed by atoms with E-state index in [9.17, 15) is 23.1 Å². The van der Waals surface area contributed by atoms with Crippen LogP contribution in [-0.4, -0.2) is 54.9 Å². The molecule has 3 atom stereocenters. The zero-order valence-corrected chi connectivity index (χ0v) is 11.8. The average Bonchev–Trinajstić information content (AvgIpc) is 2.24. The van der Waals surface area contributed by atoms with Crippen molar-refractivity contribution in [2.24, 2.45) is 5.92 Å². The first kappa shape index (κ1) is 18.2. The maximum atomic E-state index is 12.6. The second-order valence-electron chi connectivity index (χ2n) is 5.34. The van der Waals surface area contributed by atoms with Crippen molar-refractivity contribution in [3.05, 3.63) is 0 Å². The van der Waals surface area contributed by atoms with Gasteiger partial charge < -0.3 is 15.3 Å². The summed E-state index contributed by atoms with van der Waals surface area (Å²) >= 11 is 0. The van der Waals surface area contributed by atoms with Gasteiger partial charge in [0.25, 0.3) is 0 Å². The fourth-order valence-electron chi connectivity index (χ4n) is 1.99. The van der Waals surface area contributed by atoms with Gasteiger partial charge in [-0.05, 0) is 39.8 Å². The van der Waals surface area contributed by atoms with Crippen LogP contribution in [0, 0.1) is 5.92 Å². The van der Waals surface area contributed by atoms with Gasteiger partial charge in [0.15, 0.2) is 5.60 Å².